The van der Waals surface area contributed by atoms with Gasteiger partial charge >= 0.3 is 0 Å². The zero-order chi connectivity index (χ0) is 18.4. The predicted molar refractivity (Wildman–Crippen MR) is 101 cm³/mol. The third kappa shape index (κ3) is 4.71. The molecule has 26 heavy (non-hydrogen) atoms. The van der Waals surface area contributed by atoms with Crippen LogP contribution in [0.5, 0.6) is 5.75 Å². The number of ether oxygens (including phenoxy) is 1. The first-order valence-electron chi connectivity index (χ1n) is 8.32. The van der Waals surface area contributed by atoms with Crippen LogP contribution in [0.4, 0.5) is 0 Å². The van der Waals surface area contributed by atoms with E-state index in [1.165, 1.54) is 6.07 Å². The van der Waals surface area contributed by atoms with Crippen LogP contribution in [-0.4, -0.2) is 21.3 Å². The summed E-state index contributed by atoms with van der Waals surface area (Å²) in [6, 6.07) is 14.4. The Kier molecular flexibility index (Phi) is 6.04. The van der Waals surface area contributed by atoms with Crippen molar-refractivity contribution in [2.24, 2.45) is 0 Å². The van der Waals surface area contributed by atoms with Crippen LogP contribution in [0.25, 0.3) is 5.69 Å². The number of aliphatic hydroxyl groups excluding tert-OH is 1. The molecule has 1 N–H and O–H groups in total. The van der Waals surface area contributed by atoms with Crippen LogP contribution in [0.1, 0.15) is 17.7 Å². The van der Waals surface area contributed by atoms with Crippen LogP contribution in [0.3, 0.4) is 0 Å². The normalized spacial score (nSPS) is 10.7. The summed E-state index contributed by atoms with van der Waals surface area (Å²) in [6.07, 6.45) is 4.79. The molecule has 3 rings (SSSR count). The van der Waals surface area contributed by atoms with Gasteiger partial charge in [0.2, 0.25) is 0 Å². The highest BCUT2D eigenvalue weighted by atomic mass is 35.5. The van der Waals surface area contributed by atoms with E-state index in [4.69, 9.17) is 21.4 Å². The first kappa shape index (κ1) is 18.2. The molecule has 134 valence electrons. The Labute approximate surface area is 156 Å². The molecule has 0 saturated heterocycles. The largest absolute Gasteiger partial charge is 0.487 e. The van der Waals surface area contributed by atoms with Gasteiger partial charge < -0.3 is 9.84 Å². The second kappa shape index (κ2) is 8.65. The highest BCUT2D eigenvalue weighted by Crippen LogP contribution is 2.14. The minimum atomic E-state index is -0.172. The van der Waals surface area contributed by atoms with Gasteiger partial charge in [-0.05, 0) is 48.7 Å². The molecular formula is C20H19ClN2O3. The molecule has 0 radical (unpaired) electrons. The second-order valence-electron chi connectivity index (χ2n) is 5.82. The molecule has 0 fully saturated rings. The summed E-state index contributed by atoms with van der Waals surface area (Å²) in [5.41, 5.74) is 2.48. The van der Waals surface area contributed by atoms with E-state index in [9.17, 15) is 4.79 Å². The summed E-state index contributed by atoms with van der Waals surface area (Å²) in [7, 11) is 0. The standard InChI is InChI=1S/C20H19ClN2O3/c21-16-5-6-17(22-13-16)14-26-19-9-10-23(20(25)12-19)18-7-3-15(4-8-18)2-1-11-24/h3-10,12-13,24H,1-2,11,14H2. The van der Waals surface area contributed by atoms with Gasteiger partial charge in [0.05, 0.1) is 10.7 Å². The topological polar surface area (TPSA) is 64.3 Å². The third-order valence-corrected chi connectivity index (χ3v) is 4.13. The van der Waals surface area contributed by atoms with Crippen LogP contribution in [0.15, 0.2) is 65.7 Å². The molecule has 0 spiro atoms. The van der Waals surface area contributed by atoms with Gasteiger partial charge in [-0.15, -0.1) is 0 Å². The molecule has 0 bridgehead atoms. The van der Waals surface area contributed by atoms with Crippen LogP contribution in [0.2, 0.25) is 5.02 Å². The van der Waals surface area contributed by atoms with Gasteiger partial charge in [-0.25, -0.2) is 0 Å². The van der Waals surface area contributed by atoms with Gasteiger partial charge in [-0.3, -0.25) is 14.3 Å². The average Bonchev–Trinajstić information content (AvgIpc) is 2.66. The molecule has 0 unspecified atom stereocenters. The number of aromatic nitrogens is 2. The van der Waals surface area contributed by atoms with E-state index in [2.05, 4.69) is 4.98 Å². The van der Waals surface area contributed by atoms with E-state index in [0.717, 1.165) is 29.8 Å². The van der Waals surface area contributed by atoms with Crippen molar-refractivity contribution in [3.8, 4) is 11.4 Å². The fourth-order valence-corrected chi connectivity index (χ4v) is 2.63. The number of hydrogen-bond donors (Lipinski definition) is 1. The summed E-state index contributed by atoms with van der Waals surface area (Å²) >= 11 is 5.80. The van der Waals surface area contributed by atoms with Gasteiger partial charge in [-0.2, -0.15) is 0 Å². The number of nitrogens with zero attached hydrogens (tertiary/aromatic N) is 2. The quantitative estimate of drug-likeness (QED) is 0.692. The molecule has 0 atom stereocenters. The van der Waals surface area contributed by atoms with Gasteiger partial charge in [0, 0.05) is 30.8 Å². The maximum absolute atomic E-state index is 12.4. The van der Waals surface area contributed by atoms with Crippen molar-refractivity contribution in [1.82, 2.24) is 9.55 Å². The van der Waals surface area contributed by atoms with Crippen molar-refractivity contribution in [2.45, 2.75) is 19.4 Å². The maximum atomic E-state index is 12.4. The van der Waals surface area contributed by atoms with E-state index in [0.29, 0.717) is 10.8 Å². The minimum absolute atomic E-state index is 0.172. The summed E-state index contributed by atoms with van der Waals surface area (Å²) < 4.78 is 7.18. The molecule has 6 heteroatoms. The minimum Gasteiger partial charge on any atom is -0.487 e. The van der Waals surface area contributed by atoms with Gasteiger partial charge in [-0.1, -0.05) is 23.7 Å². The van der Waals surface area contributed by atoms with Crippen molar-refractivity contribution in [2.75, 3.05) is 6.61 Å². The predicted octanol–water partition coefficient (Wildman–Crippen LogP) is 3.39. The molecule has 0 amide bonds. The molecule has 5 nitrogen and oxygen atoms in total. The first-order chi connectivity index (χ1) is 12.7. The van der Waals surface area contributed by atoms with Gasteiger partial charge in [0.1, 0.15) is 12.4 Å². The van der Waals surface area contributed by atoms with E-state index >= 15 is 0 Å². The fraction of sp³-hybridized carbons (Fsp3) is 0.200. The molecule has 0 saturated carbocycles. The Balaban J connectivity index is 1.69. The van der Waals surface area contributed by atoms with Crippen LogP contribution >= 0.6 is 11.6 Å². The van der Waals surface area contributed by atoms with Crippen molar-refractivity contribution in [3.05, 3.63) is 87.6 Å². The van der Waals surface area contributed by atoms with Gasteiger partial charge in [0.25, 0.3) is 5.56 Å². The summed E-state index contributed by atoms with van der Waals surface area (Å²) in [5, 5.41) is 9.45. The highest BCUT2D eigenvalue weighted by Gasteiger charge is 2.04. The SMILES string of the molecule is O=c1cc(OCc2ccc(Cl)cn2)ccn1-c1ccc(CCCO)cc1. The van der Waals surface area contributed by atoms with E-state index < -0.39 is 0 Å². The Bertz CT molecular complexity index is 906. The van der Waals surface area contributed by atoms with E-state index in [1.54, 1.807) is 35.2 Å². The monoisotopic (exact) mass is 370 g/mol. The van der Waals surface area contributed by atoms with Crippen LogP contribution in [-0.2, 0) is 13.0 Å². The molecule has 2 aromatic heterocycles. The molecular weight excluding hydrogens is 352 g/mol. The summed E-state index contributed by atoms with van der Waals surface area (Å²) in [5.74, 6) is 0.488. The lowest BCUT2D eigenvalue weighted by molar-refractivity contribution is 0.288. The van der Waals surface area contributed by atoms with Crippen molar-refractivity contribution in [1.29, 1.82) is 0 Å². The van der Waals surface area contributed by atoms with Crippen molar-refractivity contribution < 1.29 is 9.84 Å². The van der Waals surface area contributed by atoms with Crippen LogP contribution < -0.4 is 10.3 Å². The van der Waals surface area contributed by atoms with E-state index in [1.807, 2.05) is 24.3 Å². The molecule has 1 aromatic carbocycles. The lowest BCUT2D eigenvalue weighted by Gasteiger charge is -2.09. The van der Waals surface area contributed by atoms with Crippen molar-refractivity contribution >= 4 is 11.6 Å². The Morgan fingerprint density at radius 3 is 2.58 bits per heavy atom. The Morgan fingerprint density at radius 2 is 1.92 bits per heavy atom. The van der Waals surface area contributed by atoms with Gasteiger partial charge in [0.15, 0.2) is 0 Å². The molecule has 0 aliphatic carbocycles. The summed E-state index contributed by atoms with van der Waals surface area (Å²) in [6.45, 7) is 0.439. The lowest BCUT2D eigenvalue weighted by atomic mass is 10.1. The molecule has 3 aromatic rings. The number of rotatable bonds is 7. The average molecular weight is 371 g/mol. The smallest absolute Gasteiger partial charge is 0.258 e. The number of aryl methyl sites for hydroxylation is 1. The lowest BCUT2D eigenvalue weighted by Crippen LogP contribution is -2.16. The number of aliphatic hydroxyl groups is 1. The molecule has 0 aliphatic rings. The number of pyridine rings is 2. The first-order valence-corrected chi connectivity index (χ1v) is 8.69. The molecule has 2 heterocycles. The highest BCUT2D eigenvalue weighted by molar-refractivity contribution is 6.30. The Morgan fingerprint density at radius 1 is 1.12 bits per heavy atom. The third-order valence-electron chi connectivity index (χ3n) is 3.90. The molecule has 0 aliphatic heterocycles. The number of benzene rings is 1. The zero-order valence-corrected chi connectivity index (χ0v) is 14.9. The zero-order valence-electron chi connectivity index (χ0n) is 14.1. The number of halogens is 1. The van der Waals surface area contributed by atoms with E-state index in [-0.39, 0.29) is 18.8 Å². The summed E-state index contributed by atoms with van der Waals surface area (Å²) in [4.78, 5) is 16.5. The maximum Gasteiger partial charge on any atom is 0.258 e. The second-order valence-corrected chi connectivity index (χ2v) is 6.26. The number of hydrogen-bond acceptors (Lipinski definition) is 4. The fourth-order valence-electron chi connectivity index (χ4n) is 2.52. The Hall–Kier alpha value is -2.63. The van der Waals surface area contributed by atoms with Crippen LogP contribution in [0, 0.1) is 0 Å². The van der Waals surface area contributed by atoms with Crippen molar-refractivity contribution in [3.63, 3.8) is 0 Å².